The number of aliphatic carboxylic acids is 1. The van der Waals surface area contributed by atoms with E-state index < -0.39 is 5.97 Å². The van der Waals surface area contributed by atoms with Gasteiger partial charge >= 0.3 is 0 Å². The lowest BCUT2D eigenvalue weighted by Crippen LogP contribution is -1.89. The molecule has 12 heavy (non-hydrogen) atoms. The highest BCUT2D eigenvalue weighted by atomic mass is 16.4. The van der Waals surface area contributed by atoms with Gasteiger partial charge in [0.05, 0.1) is 11.4 Å². The highest BCUT2D eigenvalue weighted by Gasteiger charge is 1.86. The second kappa shape index (κ2) is 5.12. The molecular weight excluding hydrogens is 156 g/mol. The Morgan fingerprint density at radius 3 is 2.42 bits per heavy atom. The van der Waals surface area contributed by atoms with Crippen molar-refractivity contribution in [3.05, 3.63) is 24.0 Å². The quantitative estimate of drug-likeness (QED) is 0.607. The lowest BCUT2D eigenvalue weighted by molar-refractivity contribution is -0.134. The summed E-state index contributed by atoms with van der Waals surface area (Å²) in [6, 6.07) is 3.66. The third kappa shape index (κ3) is 5.22. The SMILES string of the molecule is CC(=O)O.Cc1ncccc1N. The average Bonchev–Trinajstić information content (AvgIpc) is 1.94. The van der Waals surface area contributed by atoms with Gasteiger partial charge in [-0.15, -0.1) is 0 Å². The van der Waals surface area contributed by atoms with Crippen molar-refractivity contribution in [2.75, 3.05) is 5.73 Å². The van der Waals surface area contributed by atoms with E-state index in [0.29, 0.717) is 0 Å². The summed E-state index contributed by atoms with van der Waals surface area (Å²) in [7, 11) is 0. The second-order valence-corrected chi connectivity index (χ2v) is 2.20. The monoisotopic (exact) mass is 168 g/mol. The molecule has 0 atom stereocenters. The van der Waals surface area contributed by atoms with Crippen LogP contribution in [-0.4, -0.2) is 16.1 Å². The fraction of sp³-hybridized carbons (Fsp3) is 0.250. The zero-order valence-corrected chi connectivity index (χ0v) is 7.11. The van der Waals surface area contributed by atoms with Gasteiger partial charge in [0.2, 0.25) is 0 Å². The van der Waals surface area contributed by atoms with Gasteiger partial charge in [-0.3, -0.25) is 9.78 Å². The van der Waals surface area contributed by atoms with Crippen LogP contribution in [0.15, 0.2) is 18.3 Å². The van der Waals surface area contributed by atoms with Crippen LogP contribution in [0.1, 0.15) is 12.6 Å². The predicted octanol–water partition coefficient (Wildman–Crippen LogP) is 1.06. The van der Waals surface area contributed by atoms with Crippen molar-refractivity contribution in [1.82, 2.24) is 4.98 Å². The minimum absolute atomic E-state index is 0.757. The molecule has 0 aliphatic carbocycles. The van der Waals surface area contributed by atoms with Crippen LogP contribution in [0.4, 0.5) is 5.69 Å². The summed E-state index contributed by atoms with van der Waals surface area (Å²) in [4.78, 5) is 13.0. The number of rotatable bonds is 0. The van der Waals surface area contributed by atoms with Crippen LogP contribution in [0.2, 0.25) is 0 Å². The van der Waals surface area contributed by atoms with E-state index in [9.17, 15) is 0 Å². The van der Waals surface area contributed by atoms with Gasteiger partial charge in [0.25, 0.3) is 5.97 Å². The zero-order valence-electron chi connectivity index (χ0n) is 7.11. The summed E-state index contributed by atoms with van der Waals surface area (Å²) in [5.74, 6) is -0.833. The molecule has 1 aromatic rings. The zero-order chi connectivity index (χ0) is 9.56. The molecule has 1 heterocycles. The lowest BCUT2D eigenvalue weighted by atomic mass is 10.3. The number of carboxylic acids is 1. The third-order valence-corrected chi connectivity index (χ3v) is 1.05. The van der Waals surface area contributed by atoms with Gasteiger partial charge in [0.1, 0.15) is 0 Å². The van der Waals surface area contributed by atoms with E-state index in [1.165, 1.54) is 0 Å². The number of anilines is 1. The van der Waals surface area contributed by atoms with Crippen molar-refractivity contribution < 1.29 is 9.90 Å². The molecule has 66 valence electrons. The van der Waals surface area contributed by atoms with Crippen LogP contribution in [-0.2, 0) is 4.79 Å². The van der Waals surface area contributed by atoms with Gasteiger partial charge in [-0.05, 0) is 19.1 Å². The molecule has 0 bridgehead atoms. The molecule has 0 amide bonds. The minimum atomic E-state index is -0.833. The number of hydrogen-bond acceptors (Lipinski definition) is 3. The van der Waals surface area contributed by atoms with E-state index in [4.69, 9.17) is 15.6 Å². The molecule has 0 saturated heterocycles. The van der Waals surface area contributed by atoms with Crippen molar-refractivity contribution in [3.63, 3.8) is 0 Å². The molecule has 1 rings (SSSR count). The van der Waals surface area contributed by atoms with E-state index >= 15 is 0 Å². The van der Waals surface area contributed by atoms with Crippen LogP contribution in [0.25, 0.3) is 0 Å². The smallest absolute Gasteiger partial charge is 0.300 e. The average molecular weight is 168 g/mol. The van der Waals surface area contributed by atoms with Crippen LogP contribution >= 0.6 is 0 Å². The Kier molecular flexibility index (Phi) is 4.45. The number of nitrogens with two attached hydrogens (primary N) is 1. The molecule has 0 saturated carbocycles. The molecule has 3 N–H and O–H groups in total. The summed E-state index contributed by atoms with van der Waals surface area (Å²) in [5, 5.41) is 7.42. The first-order valence-electron chi connectivity index (χ1n) is 3.40. The van der Waals surface area contributed by atoms with Crippen LogP contribution in [0.3, 0.4) is 0 Å². The maximum atomic E-state index is 9.00. The molecule has 4 nitrogen and oxygen atoms in total. The number of aryl methyl sites for hydroxylation is 1. The van der Waals surface area contributed by atoms with Crippen LogP contribution in [0, 0.1) is 6.92 Å². The second-order valence-electron chi connectivity index (χ2n) is 2.20. The third-order valence-electron chi connectivity index (χ3n) is 1.05. The molecule has 0 radical (unpaired) electrons. The number of nitrogen functional groups attached to an aromatic ring is 1. The fourth-order valence-corrected chi connectivity index (χ4v) is 0.497. The normalized spacial score (nSPS) is 8.17. The first-order valence-corrected chi connectivity index (χ1v) is 3.40. The number of nitrogens with zero attached hydrogens (tertiary/aromatic N) is 1. The molecule has 0 fully saturated rings. The van der Waals surface area contributed by atoms with E-state index in [0.717, 1.165) is 18.3 Å². The molecule has 0 spiro atoms. The Balaban J connectivity index is 0.000000261. The Morgan fingerprint density at radius 2 is 2.17 bits per heavy atom. The molecule has 4 heteroatoms. The van der Waals surface area contributed by atoms with Crippen molar-refractivity contribution in [2.45, 2.75) is 13.8 Å². The maximum absolute atomic E-state index is 9.00. The van der Waals surface area contributed by atoms with E-state index in [2.05, 4.69) is 4.98 Å². The Bertz CT molecular complexity index is 236. The van der Waals surface area contributed by atoms with E-state index in [1.807, 2.05) is 19.1 Å². The van der Waals surface area contributed by atoms with Crippen molar-refractivity contribution in [2.24, 2.45) is 0 Å². The first kappa shape index (κ1) is 10.4. The summed E-state index contributed by atoms with van der Waals surface area (Å²) in [5.41, 5.74) is 7.11. The number of hydrogen-bond donors (Lipinski definition) is 2. The standard InChI is InChI=1S/C6H8N2.C2H4O2/c1-5-6(7)3-2-4-8-5;1-2(3)4/h2-4H,7H2,1H3;1H3,(H,3,4). The van der Waals surface area contributed by atoms with Gasteiger partial charge in [0.15, 0.2) is 0 Å². The summed E-state index contributed by atoms with van der Waals surface area (Å²) >= 11 is 0. The molecule has 0 unspecified atom stereocenters. The van der Waals surface area contributed by atoms with Crippen molar-refractivity contribution in [1.29, 1.82) is 0 Å². The molecule has 1 aromatic heterocycles. The molecule has 0 aliphatic rings. The van der Waals surface area contributed by atoms with Crippen LogP contribution in [0.5, 0.6) is 0 Å². The number of pyridine rings is 1. The predicted molar refractivity (Wildman–Crippen MR) is 46.7 cm³/mol. The fourth-order valence-electron chi connectivity index (χ4n) is 0.497. The highest BCUT2D eigenvalue weighted by Crippen LogP contribution is 2.02. The minimum Gasteiger partial charge on any atom is -0.481 e. The lowest BCUT2D eigenvalue weighted by Gasteiger charge is -1.92. The molecule has 0 aromatic carbocycles. The van der Waals surface area contributed by atoms with Gasteiger partial charge < -0.3 is 10.8 Å². The Hall–Kier alpha value is -1.58. The number of aromatic nitrogens is 1. The van der Waals surface area contributed by atoms with Crippen molar-refractivity contribution >= 4 is 11.7 Å². The molecular formula is C8H12N2O2. The van der Waals surface area contributed by atoms with Gasteiger partial charge in [-0.2, -0.15) is 0 Å². The van der Waals surface area contributed by atoms with Crippen molar-refractivity contribution in [3.8, 4) is 0 Å². The summed E-state index contributed by atoms with van der Waals surface area (Å²) in [6.45, 7) is 2.97. The van der Waals surface area contributed by atoms with Gasteiger partial charge in [0, 0.05) is 13.1 Å². The topological polar surface area (TPSA) is 76.2 Å². The van der Waals surface area contributed by atoms with Crippen LogP contribution < -0.4 is 5.73 Å². The van der Waals surface area contributed by atoms with Gasteiger partial charge in [-0.1, -0.05) is 0 Å². The highest BCUT2D eigenvalue weighted by molar-refractivity contribution is 5.62. The Labute approximate surface area is 71.0 Å². The summed E-state index contributed by atoms with van der Waals surface area (Å²) in [6.07, 6.45) is 1.73. The molecule has 0 aliphatic heterocycles. The van der Waals surface area contributed by atoms with E-state index in [-0.39, 0.29) is 0 Å². The summed E-state index contributed by atoms with van der Waals surface area (Å²) < 4.78 is 0. The largest absolute Gasteiger partial charge is 0.481 e. The Morgan fingerprint density at radius 1 is 1.67 bits per heavy atom. The van der Waals surface area contributed by atoms with Gasteiger partial charge in [-0.25, -0.2) is 0 Å². The number of carboxylic acid groups (broad SMARTS) is 1. The van der Waals surface area contributed by atoms with E-state index in [1.54, 1.807) is 6.20 Å². The maximum Gasteiger partial charge on any atom is 0.300 e. The number of carbonyl (C=O) groups is 1. The first-order chi connectivity index (χ1) is 5.54.